The number of nitrogens with zero attached hydrogens (tertiary/aromatic N) is 2. The van der Waals surface area contributed by atoms with E-state index in [0.29, 0.717) is 18.7 Å². The van der Waals surface area contributed by atoms with Gasteiger partial charge >= 0.3 is 0 Å². The summed E-state index contributed by atoms with van der Waals surface area (Å²) >= 11 is 0. The minimum atomic E-state index is -0.0805. The van der Waals surface area contributed by atoms with Gasteiger partial charge in [-0.25, -0.2) is 0 Å². The van der Waals surface area contributed by atoms with Crippen LogP contribution in [0.25, 0.3) is 10.9 Å². The first kappa shape index (κ1) is 14.5. The minimum Gasteiger partial charge on any atom is -0.341 e. The Morgan fingerprint density at radius 3 is 2.80 bits per heavy atom. The number of amides is 1. The van der Waals surface area contributed by atoms with Crippen molar-refractivity contribution < 1.29 is 4.79 Å². The summed E-state index contributed by atoms with van der Waals surface area (Å²) < 4.78 is 0. The van der Waals surface area contributed by atoms with Crippen LogP contribution in [-0.4, -0.2) is 35.9 Å². The molecule has 0 bridgehead atoms. The minimum absolute atomic E-state index is 0.0114. The van der Waals surface area contributed by atoms with Gasteiger partial charge in [0.1, 0.15) is 0 Å². The molecule has 0 aliphatic carbocycles. The number of carbonyl (C=O) groups is 1. The number of fused-ring (bicyclic) bond motifs is 1. The lowest BCUT2D eigenvalue weighted by Crippen LogP contribution is -2.39. The van der Waals surface area contributed by atoms with Crippen LogP contribution in [0.15, 0.2) is 36.5 Å². The maximum Gasteiger partial charge on any atom is 0.253 e. The molecule has 2 N–H and O–H groups in total. The van der Waals surface area contributed by atoms with Crippen LogP contribution in [0.4, 0.5) is 0 Å². The van der Waals surface area contributed by atoms with Gasteiger partial charge in [0.15, 0.2) is 0 Å². The fraction of sp³-hybridized carbons (Fsp3) is 0.375. The molecule has 0 spiro atoms. The van der Waals surface area contributed by atoms with E-state index in [0.717, 1.165) is 10.9 Å². The van der Waals surface area contributed by atoms with Crippen LogP contribution in [0.1, 0.15) is 24.2 Å². The third-order valence-electron chi connectivity index (χ3n) is 3.41. The predicted molar refractivity (Wildman–Crippen MR) is 81.5 cm³/mol. The highest BCUT2D eigenvalue weighted by molar-refractivity contribution is 5.97. The molecule has 0 saturated carbocycles. The van der Waals surface area contributed by atoms with Crippen molar-refractivity contribution in [3.8, 4) is 0 Å². The molecule has 0 fully saturated rings. The Morgan fingerprint density at radius 1 is 1.35 bits per heavy atom. The third-order valence-corrected chi connectivity index (χ3v) is 3.41. The average Bonchev–Trinajstić information content (AvgIpc) is 2.45. The molecule has 4 heteroatoms. The van der Waals surface area contributed by atoms with Gasteiger partial charge < -0.3 is 10.6 Å². The molecule has 0 unspecified atom stereocenters. The smallest absolute Gasteiger partial charge is 0.253 e. The third kappa shape index (κ3) is 3.14. The highest BCUT2D eigenvalue weighted by atomic mass is 16.2. The zero-order valence-corrected chi connectivity index (χ0v) is 12.3. The second-order valence-electron chi connectivity index (χ2n) is 5.94. The fourth-order valence-electron chi connectivity index (χ4n) is 2.21. The Labute approximate surface area is 119 Å². The summed E-state index contributed by atoms with van der Waals surface area (Å²) in [6.45, 7) is 5.29. The van der Waals surface area contributed by atoms with Crippen molar-refractivity contribution in [2.45, 2.75) is 13.8 Å². The van der Waals surface area contributed by atoms with Gasteiger partial charge in [-0.1, -0.05) is 19.9 Å². The van der Waals surface area contributed by atoms with Crippen molar-refractivity contribution in [1.82, 2.24) is 9.88 Å². The molecule has 1 aromatic carbocycles. The molecule has 1 aromatic heterocycles. The monoisotopic (exact) mass is 271 g/mol. The molecule has 20 heavy (non-hydrogen) atoms. The Balaban J connectivity index is 2.22. The molecule has 2 rings (SSSR count). The van der Waals surface area contributed by atoms with E-state index < -0.39 is 0 Å². The second-order valence-corrected chi connectivity index (χ2v) is 5.94. The molecule has 0 aliphatic rings. The highest BCUT2D eigenvalue weighted by Crippen LogP contribution is 2.18. The SMILES string of the molecule is CN(CC(C)(C)CN)C(=O)c1ccc2ncccc2c1. The average molecular weight is 271 g/mol. The van der Waals surface area contributed by atoms with Gasteiger partial charge in [-0.2, -0.15) is 0 Å². The van der Waals surface area contributed by atoms with Gasteiger partial charge in [0, 0.05) is 30.7 Å². The van der Waals surface area contributed by atoms with E-state index in [-0.39, 0.29) is 11.3 Å². The van der Waals surface area contributed by atoms with Gasteiger partial charge in [0.25, 0.3) is 5.91 Å². The van der Waals surface area contributed by atoms with E-state index in [1.165, 1.54) is 0 Å². The van der Waals surface area contributed by atoms with Gasteiger partial charge in [0.05, 0.1) is 5.52 Å². The van der Waals surface area contributed by atoms with Crippen LogP contribution in [0.2, 0.25) is 0 Å². The van der Waals surface area contributed by atoms with Crippen molar-refractivity contribution in [3.63, 3.8) is 0 Å². The van der Waals surface area contributed by atoms with Crippen LogP contribution < -0.4 is 5.73 Å². The van der Waals surface area contributed by atoms with Crippen LogP contribution in [-0.2, 0) is 0 Å². The Kier molecular flexibility index (Phi) is 4.04. The van der Waals surface area contributed by atoms with E-state index in [2.05, 4.69) is 18.8 Å². The number of hydrogen-bond acceptors (Lipinski definition) is 3. The van der Waals surface area contributed by atoms with E-state index in [1.54, 1.807) is 11.1 Å². The predicted octanol–water partition coefficient (Wildman–Crippen LogP) is 2.29. The number of nitrogens with two attached hydrogens (primary N) is 1. The Bertz CT molecular complexity index is 622. The molecule has 0 saturated heterocycles. The van der Waals surface area contributed by atoms with E-state index >= 15 is 0 Å². The molecule has 0 radical (unpaired) electrons. The summed E-state index contributed by atoms with van der Waals surface area (Å²) in [4.78, 5) is 18.4. The summed E-state index contributed by atoms with van der Waals surface area (Å²) in [7, 11) is 1.81. The Morgan fingerprint density at radius 2 is 2.10 bits per heavy atom. The van der Waals surface area contributed by atoms with Crippen molar-refractivity contribution in [2.24, 2.45) is 11.1 Å². The summed E-state index contributed by atoms with van der Waals surface area (Å²) in [6, 6.07) is 9.42. The van der Waals surface area contributed by atoms with Gasteiger partial charge in [0.2, 0.25) is 0 Å². The number of aromatic nitrogens is 1. The van der Waals surface area contributed by atoms with E-state index in [4.69, 9.17) is 5.73 Å². The van der Waals surface area contributed by atoms with Crippen molar-refractivity contribution >= 4 is 16.8 Å². The molecule has 2 aromatic rings. The van der Waals surface area contributed by atoms with Gasteiger partial charge in [-0.05, 0) is 36.2 Å². The second kappa shape index (κ2) is 5.59. The maximum absolute atomic E-state index is 12.4. The van der Waals surface area contributed by atoms with E-state index in [1.807, 2.05) is 37.4 Å². The van der Waals surface area contributed by atoms with Gasteiger partial charge in [-0.3, -0.25) is 9.78 Å². The number of carbonyl (C=O) groups excluding carboxylic acids is 1. The first-order valence-electron chi connectivity index (χ1n) is 6.73. The Hall–Kier alpha value is -1.94. The number of hydrogen-bond donors (Lipinski definition) is 1. The quantitative estimate of drug-likeness (QED) is 0.928. The van der Waals surface area contributed by atoms with Crippen molar-refractivity contribution in [3.05, 3.63) is 42.1 Å². The lowest BCUT2D eigenvalue weighted by molar-refractivity contribution is 0.0740. The normalized spacial score (nSPS) is 11.6. The number of pyridine rings is 1. The zero-order chi connectivity index (χ0) is 14.8. The molecule has 1 amide bonds. The number of benzene rings is 1. The molecular formula is C16H21N3O. The zero-order valence-electron chi connectivity index (χ0n) is 12.3. The van der Waals surface area contributed by atoms with Crippen LogP contribution in [0, 0.1) is 5.41 Å². The summed E-state index contributed by atoms with van der Waals surface area (Å²) in [6.07, 6.45) is 1.75. The van der Waals surface area contributed by atoms with E-state index in [9.17, 15) is 4.79 Å². The highest BCUT2D eigenvalue weighted by Gasteiger charge is 2.22. The molecule has 4 nitrogen and oxygen atoms in total. The lowest BCUT2D eigenvalue weighted by atomic mass is 9.93. The van der Waals surface area contributed by atoms with Crippen LogP contribution >= 0.6 is 0 Å². The standard InChI is InChI=1S/C16H21N3O/c1-16(2,10-17)11-19(3)15(20)13-6-7-14-12(9-13)5-4-8-18-14/h4-9H,10-11,17H2,1-3H3. The molecule has 0 aliphatic heterocycles. The molecule has 0 atom stereocenters. The van der Waals surface area contributed by atoms with Crippen molar-refractivity contribution in [1.29, 1.82) is 0 Å². The first-order valence-corrected chi connectivity index (χ1v) is 6.73. The van der Waals surface area contributed by atoms with Crippen LogP contribution in [0.5, 0.6) is 0 Å². The summed E-state index contributed by atoms with van der Waals surface area (Å²) in [5, 5.41) is 0.977. The van der Waals surface area contributed by atoms with Crippen LogP contribution in [0.3, 0.4) is 0 Å². The fourth-order valence-corrected chi connectivity index (χ4v) is 2.21. The molecular weight excluding hydrogens is 250 g/mol. The first-order chi connectivity index (χ1) is 9.43. The van der Waals surface area contributed by atoms with Crippen molar-refractivity contribution in [2.75, 3.05) is 20.1 Å². The topological polar surface area (TPSA) is 59.2 Å². The number of rotatable bonds is 4. The summed E-state index contributed by atoms with van der Waals surface area (Å²) in [5.41, 5.74) is 7.22. The molecule has 1 heterocycles. The lowest BCUT2D eigenvalue weighted by Gasteiger charge is -2.29. The molecule has 106 valence electrons. The maximum atomic E-state index is 12.4. The van der Waals surface area contributed by atoms with Gasteiger partial charge in [-0.15, -0.1) is 0 Å². The summed E-state index contributed by atoms with van der Waals surface area (Å²) in [5.74, 6) is 0.0114. The largest absolute Gasteiger partial charge is 0.341 e.